The molecule has 128 valence electrons. The van der Waals surface area contributed by atoms with Crippen molar-refractivity contribution in [3.63, 3.8) is 0 Å². The highest BCUT2D eigenvalue weighted by Crippen LogP contribution is 2.27. The summed E-state index contributed by atoms with van der Waals surface area (Å²) in [6.07, 6.45) is 0.792. The van der Waals surface area contributed by atoms with E-state index >= 15 is 0 Å². The van der Waals surface area contributed by atoms with Crippen molar-refractivity contribution in [2.45, 2.75) is 32.6 Å². The second-order valence-corrected chi connectivity index (χ2v) is 7.71. The fourth-order valence-corrected chi connectivity index (χ4v) is 2.68. The van der Waals surface area contributed by atoms with Gasteiger partial charge in [0.2, 0.25) is 0 Å². The van der Waals surface area contributed by atoms with Crippen molar-refractivity contribution in [2.75, 3.05) is 13.7 Å². The molecule has 0 aliphatic rings. The summed E-state index contributed by atoms with van der Waals surface area (Å²) in [4.78, 5) is 12.5. The molecule has 1 N–H and O–H groups in total. The summed E-state index contributed by atoms with van der Waals surface area (Å²) >= 11 is 3.42. The van der Waals surface area contributed by atoms with E-state index in [0.717, 1.165) is 16.5 Å². The summed E-state index contributed by atoms with van der Waals surface area (Å²) in [6, 6.07) is 13.9. The van der Waals surface area contributed by atoms with Gasteiger partial charge in [0.05, 0.1) is 12.7 Å². The summed E-state index contributed by atoms with van der Waals surface area (Å²) in [5, 5.41) is 2.98. The molecule has 0 aliphatic carbocycles. The summed E-state index contributed by atoms with van der Waals surface area (Å²) in [5.41, 5.74) is 2.87. The van der Waals surface area contributed by atoms with Crippen LogP contribution in [0.25, 0.3) is 0 Å². The van der Waals surface area contributed by atoms with Gasteiger partial charge in [0, 0.05) is 11.0 Å². The quantitative estimate of drug-likeness (QED) is 0.802. The van der Waals surface area contributed by atoms with Gasteiger partial charge in [-0.25, -0.2) is 0 Å². The van der Waals surface area contributed by atoms with Crippen molar-refractivity contribution >= 4 is 21.8 Å². The van der Waals surface area contributed by atoms with E-state index in [1.165, 1.54) is 5.56 Å². The number of nitrogens with one attached hydrogen (secondary N) is 1. The topological polar surface area (TPSA) is 38.3 Å². The molecule has 1 amide bonds. The first-order valence-electron chi connectivity index (χ1n) is 8.02. The van der Waals surface area contributed by atoms with Crippen LogP contribution >= 0.6 is 15.9 Å². The maximum Gasteiger partial charge on any atom is 0.255 e. The zero-order valence-electron chi connectivity index (χ0n) is 14.7. The molecule has 0 saturated heterocycles. The second kappa shape index (κ2) is 7.84. The molecule has 2 aromatic rings. The van der Waals surface area contributed by atoms with Crippen LogP contribution in [-0.2, 0) is 11.8 Å². The van der Waals surface area contributed by atoms with E-state index in [4.69, 9.17) is 4.74 Å². The van der Waals surface area contributed by atoms with Gasteiger partial charge in [-0.3, -0.25) is 4.79 Å². The van der Waals surface area contributed by atoms with Crippen molar-refractivity contribution in [3.8, 4) is 5.75 Å². The predicted octanol–water partition coefficient (Wildman–Crippen LogP) is 4.73. The Kier molecular flexibility index (Phi) is 6.05. The van der Waals surface area contributed by atoms with E-state index in [1.807, 2.05) is 30.3 Å². The fourth-order valence-electron chi connectivity index (χ4n) is 2.42. The average Bonchev–Trinajstić information content (AvgIpc) is 2.55. The van der Waals surface area contributed by atoms with Crippen LogP contribution in [0.3, 0.4) is 0 Å². The number of methoxy groups -OCH3 is 1. The normalized spacial score (nSPS) is 11.2. The van der Waals surface area contributed by atoms with Gasteiger partial charge in [-0.15, -0.1) is 0 Å². The molecule has 2 rings (SSSR count). The van der Waals surface area contributed by atoms with Crippen LogP contribution in [0.5, 0.6) is 5.75 Å². The molecule has 4 heteroatoms. The summed E-state index contributed by atoms with van der Waals surface area (Å²) in [6.45, 7) is 6.97. The molecule has 24 heavy (non-hydrogen) atoms. The highest BCUT2D eigenvalue weighted by Gasteiger charge is 2.19. The number of amides is 1. The van der Waals surface area contributed by atoms with Gasteiger partial charge < -0.3 is 10.1 Å². The number of hydrogen-bond donors (Lipinski definition) is 1. The highest BCUT2D eigenvalue weighted by molar-refractivity contribution is 9.10. The molecule has 0 spiro atoms. The first-order chi connectivity index (χ1) is 11.3. The van der Waals surface area contributed by atoms with Gasteiger partial charge in [0.25, 0.3) is 5.91 Å². The minimum atomic E-state index is -0.102. The first kappa shape index (κ1) is 18.5. The highest BCUT2D eigenvalue weighted by atomic mass is 79.9. The molecule has 0 unspecified atom stereocenters. The van der Waals surface area contributed by atoms with Gasteiger partial charge in [0.1, 0.15) is 5.75 Å². The van der Waals surface area contributed by atoms with Crippen LogP contribution in [0, 0.1) is 0 Å². The van der Waals surface area contributed by atoms with Crippen molar-refractivity contribution in [3.05, 3.63) is 63.6 Å². The van der Waals surface area contributed by atoms with Crippen LogP contribution in [0.1, 0.15) is 42.3 Å². The Morgan fingerprint density at radius 2 is 1.79 bits per heavy atom. The standard InChI is InChI=1S/C20H24BrNO2/c1-20(2,3)15-7-10-18(24-4)17(13-15)19(23)22-12-11-14-5-8-16(21)9-6-14/h5-10,13H,11-12H2,1-4H3,(H,22,23). The third-order valence-electron chi connectivity index (χ3n) is 3.92. The van der Waals surface area contributed by atoms with E-state index in [2.05, 4.69) is 54.2 Å². The van der Waals surface area contributed by atoms with Crippen LogP contribution in [0.2, 0.25) is 0 Å². The smallest absolute Gasteiger partial charge is 0.255 e. The number of benzene rings is 2. The summed E-state index contributed by atoms with van der Waals surface area (Å²) in [5.74, 6) is 0.499. The number of ether oxygens (including phenoxy) is 1. The number of halogens is 1. The fraction of sp³-hybridized carbons (Fsp3) is 0.350. The molecule has 2 aromatic carbocycles. The Morgan fingerprint density at radius 1 is 1.12 bits per heavy atom. The predicted molar refractivity (Wildman–Crippen MR) is 102 cm³/mol. The van der Waals surface area contributed by atoms with Crippen molar-refractivity contribution in [1.29, 1.82) is 0 Å². The summed E-state index contributed by atoms with van der Waals surface area (Å²) < 4.78 is 6.40. The molecular weight excluding hydrogens is 366 g/mol. The molecule has 0 aromatic heterocycles. The molecule has 3 nitrogen and oxygen atoms in total. The van der Waals surface area contributed by atoms with Gasteiger partial charge in [-0.05, 0) is 47.2 Å². The zero-order valence-corrected chi connectivity index (χ0v) is 16.2. The van der Waals surface area contributed by atoms with Gasteiger partial charge in [-0.2, -0.15) is 0 Å². The van der Waals surface area contributed by atoms with E-state index in [0.29, 0.717) is 17.9 Å². The lowest BCUT2D eigenvalue weighted by Gasteiger charge is -2.21. The number of carbonyl (C=O) groups is 1. The lowest BCUT2D eigenvalue weighted by molar-refractivity contribution is 0.0951. The Bertz CT molecular complexity index is 703. The van der Waals surface area contributed by atoms with Crippen molar-refractivity contribution in [2.24, 2.45) is 0 Å². The number of carbonyl (C=O) groups excluding carboxylic acids is 1. The third-order valence-corrected chi connectivity index (χ3v) is 4.45. The zero-order chi connectivity index (χ0) is 17.7. The maximum atomic E-state index is 12.5. The Labute approximate surface area is 152 Å². The minimum Gasteiger partial charge on any atom is -0.496 e. The van der Waals surface area contributed by atoms with E-state index in [1.54, 1.807) is 7.11 Å². The Balaban J connectivity index is 2.06. The molecule has 0 saturated carbocycles. The molecule has 0 atom stereocenters. The Hall–Kier alpha value is -1.81. The van der Waals surface area contributed by atoms with Crippen LogP contribution in [0.4, 0.5) is 0 Å². The minimum absolute atomic E-state index is 0.0152. The molecule has 0 fully saturated rings. The molecule has 0 bridgehead atoms. The van der Waals surface area contributed by atoms with Gasteiger partial charge in [-0.1, -0.05) is 54.9 Å². The van der Waals surface area contributed by atoms with Crippen LogP contribution in [0.15, 0.2) is 46.9 Å². The Morgan fingerprint density at radius 3 is 2.38 bits per heavy atom. The van der Waals surface area contributed by atoms with Crippen LogP contribution < -0.4 is 10.1 Å². The summed E-state index contributed by atoms with van der Waals surface area (Å²) in [7, 11) is 1.59. The number of hydrogen-bond acceptors (Lipinski definition) is 2. The van der Waals surface area contributed by atoms with E-state index in [9.17, 15) is 4.79 Å². The van der Waals surface area contributed by atoms with Crippen molar-refractivity contribution < 1.29 is 9.53 Å². The van der Waals surface area contributed by atoms with E-state index < -0.39 is 0 Å². The SMILES string of the molecule is COc1ccc(C(C)(C)C)cc1C(=O)NCCc1ccc(Br)cc1. The lowest BCUT2D eigenvalue weighted by Crippen LogP contribution is -2.26. The first-order valence-corrected chi connectivity index (χ1v) is 8.81. The van der Waals surface area contributed by atoms with Crippen LogP contribution in [-0.4, -0.2) is 19.6 Å². The van der Waals surface area contributed by atoms with Gasteiger partial charge in [0.15, 0.2) is 0 Å². The monoisotopic (exact) mass is 389 g/mol. The molecule has 0 radical (unpaired) electrons. The maximum absolute atomic E-state index is 12.5. The molecule has 0 heterocycles. The molecule has 0 aliphatic heterocycles. The average molecular weight is 390 g/mol. The third kappa shape index (κ3) is 4.84. The van der Waals surface area contributed by atoms with Gasteiger partial charge >= 0.3 is 0 Å². The molecular formula is C20H24BrNO2. The largest absolute Gasteiger partial charge is 0.496 e. The van der Waals surface area contributed by atoms with Crippen molar-refractivity contribution in [1.82, 2.24) is 5.32 Å². The lowest BCUT2D eigenvalue weighted by atomic mass is 9.86. The van der Waals surface area contributed by atoms with E-state index in [-0.39, 0.29) is 11.3 Å². The number of rotatable bonds is 5. The second-order valence-electron chi connectivity index (χ2n) is 6.80.